The average Bonchev–Trinajstić information content (AvgIpc) is 3.08. The van der Waals surface area contributed by atoms with Crippen molar-refractivity contribution in [2.45, 2.75) is 18.6 Å². The molecule has 7 heteroatoms. The van der Waals surface area contributed by atoms with Crippen molar-refractivity contribution in [2.75, 3.05) is 13.7 Å². The molecule has 2 atom stereocenters. The zero-order valence-electron chi connectivity index (χ0n) is 10.8. The van der Waals surface area contributed by atoms with Crippen molar-refractivity contribution < 1.29 is 18.8 Å². The maximum absolute atomic E-state index is 13.4. The zero-order valence-corrected chi connectivity index (χ0v) is 10.8. The maximum Gasteiger partial charge on any atom is 0.244 e. The lowest BCUT2D eigenvalue weighted by atomic mass is 10.2. The van der Waals surface area contributed by atoms with E-state index in [2.05, 4.69) is 15.5 Å². The summed E-state index contributed by atoms with van der Waals surface area (Å²) in [6, 6.07) is 4.22. The van der Waals surface area contributed by atoms with Crippen molar-refractivity contribution in [3.63, 3.8) is 0 Å². The minimum atomic E-state index is -0.444. The second-order valence-corrected chi connectivity index (χ2v) is 4.66. The molecule has 0 bridgehead atoms. The summed E-state index contributed by atoms with van der Waals surface area (Å²) in [7, 11) is 1.40. The number of rotatable bonds is 3. The monoisotopic (exact) mass is 279 g/mol. The minimum absolute atomic E-state index is 0.128. The van der Waals surface area contributed by atoms with Crippen LogP contribution in [0.15, 0.2) is 22.7 Å². The van der Waals surface area contributed by atoms with Crippen LogP contribution >= 0.6 is 0 Å². The molecule has 1 saturated heterocycles. The molecule has 6 nitrogen and oxygen atoms in total. The third kappa shape index (κ3) is 2.37. The largest absolute Gasteiger partial charge is 0.494 e. The van der Waals surface area contributed by atoms with Gasteiger partial charge in [-0.15, -0.1) is 0 Å². The van der Waals surface area contributed by atoms with Crippen LogP contribution in [0.3, 0.4) is 0 Å². The van der Waals surface area contributed by atoms with E-state index >= 15 is 0 Å². The van der Waals surface area contributed by atoms with Gasteiger partial charge >= 0.3 is 0 Å². The molecular formula is C13H14FN3O3. The van der Waals surface area contributed by atoms with Crippen molar-refractivity contribution in [3.05, 3.63) is 29.9 Å². The Balaban J connectivity index is 1.86. The molecule has 1 aromatic heterocycles. The van der Waals surface area contributed by atoms with Crippen LogP contribution in [0.2, 0.25) is 0 Å². The van der Waals surface area contributed by atoms with Gasteiger partial charge in [-0.3, -0.25) is 0 Å². The second kappa shape index (κ2) is 5.18. The first-order valence-corrected chi connectivity index (χ1v) is 6.26. The molecule has 3 rings (SSSR count). The highest BCUT2D eigenvalue weighted by Crippen LogP contribution is 2.27. The van der Waals surface area contributed by atoms with Crippen LogP contribution in [0.1, 0.15) is 18.4 Å². The number of nitrogens with zero attached hydrogens (tertiary/aromatic N) is 2. The van der Waals surface area contributed by atoms with Crippen LogP contribution < -0.4 is 10.1 Å². The van der Waals surface area contributed by atoms with Crippen molar-refractivity contribution >= 4 is 0 Å². The van der Waals surface area contributed by atoms with Crippen molar-refractivity contribution in [1.29, 1.82) is 0 Å². The second-order valence-electron chi connectivity index (χ2n) is 4.66. The summed E-state index contributed by atoms with van der Waals surface area (Å²) in [6.45, 7) is 0.507. The van der Waals surface area contributed by atoms with Crippen molar-refractivity contribution in [3.8, 4) is 17.1 Å². The number of nitrogens with one attached hydrogen (secondary N) is 1. The number of hydrogen-bond donors (Lipinski definition) is 2. The summed E-state index contributed by atoms with van der Waals surface area (Å²) < 4.78 is 23.5. The fourth-order valence-electron chi connectivity index (χ4n) is 2.20. The first-order valence-electron chi connectivity index (χ1n) is 6.26. The van der Waals surface area contributed by atoms with Crippen LogP contribution in [0.4, 0.5) is 4.39 Å². The number of hydrogen-bond acceptors (Lipinski definition) is 6. The van der Waals surface area contributed by atoms with Crippen LogP contribution in [0.25, 0.3) is 11.4 Å². The lowest BCUT2D eigenvalue weighted by Gasteiger charge is -2.03. The molecule has 1 fully saturated rings. The van der Waals surface area contributed by atoms with E-state index in [1.54, 1.807) is 6.07 Å². The summed E-state index contributed by atoms with van der Waals surface area (Å²) in [5.41, 5.74) is 0.608. The molecule has 20 heavy (non-hydrogen) atoms. The molecule has 1 aliphatic rings. The summed E-state index contributed by atoms with van der Waals surface area (Å²) in [6.07, 6.45) is 0.134. The number of methoxy groups -OCH3 is 1. The van der Waals surface area contributed by atoms with Gasteiger partial charge in [-0.2, -0.15) is 4.98 Å². The molecule has 0 radical (unpaired) electrons. The predicted molar refractivity (Wildman–Crippen MR) is 67.6 cm³/mol. The number of benzene rings is 1. The third-order valence-electron chi connectivity index (χ3n) is 3.26. The molecule has 106 valence electrons. The van der Waals surface area contributed by atoms with E-state index in [1.165, 1.54) is 19.2 Å². The summed E-state index contributed by atoms with van der Waals surface area (Å²) in [5, 5.41) is 16.4. The molecule has 0 aliphatic carbocycles. The lowest BCUT2D eigenvalue weighted by molar-refractivity contribution is 0.191. The van der Waals surface area contributed by atoms with Gasteiger partial charge in [-0.1, -0.05) is 5.16 Å². The van der Waals surface area contributed by atoms with Gasteiger partial charge in [0.2, 0.25) is 11.7 Å². The molecule has 2 N–H and O–H groups in total. The number of aliphatic hydroxyl groups is 1. The quantitative estimate of drug-likeness (QED) is 0.881. The highest BCUT2D eigenvalue weighted by molar-refractivity contribution is 5.57. The number of ether oxygens (including phenoxy) is 1. The number of aromatic nitrogens is 2. The Hall–Kier alpha value is -1.99. The Bertz CT molecular complexity index is 617. The van der Waals surface area contributed by atoms with Crippen LogP contribution in [0, 0.1) is 5.82 Å². The van der Waals surface area contributed by atoms with E-state index in [4.69, 9.17) is 9.26 Å². The van der Waals surface area contributed by atoms with Gasteiger partial charge in [0.25, 0.3) is 0 Å². The SMILES string of the molecule is COc1cc(-c2noc([C@@H]3C[C@H](O)CN3)n2)ccc1F. The summed E-state index contributed by atoms with van der Waals surface area (Å²) >= 11 is 0. The number of halogens is 1. The Morgan fingerprint density at radius 3 is 3.05 bits per heavy atom. The molecule has 0 spiro atoms. The van der Waals surface area contributed by atoms with Gasteiger partial charge in [0, 0.05) is 12.1 Å². The summed E-state index contributed by atoms with van der Waals surface area (Å²) in [4.78, 5) is 4.27. The van der Waals surface area contributed by atoms with E-state index < -0.39 is 11.9 Å². The lowest BCUT2D eigenvalue weighted by Crippen LogP contribution is -2.15. The zero-order chi connectivity index (χ0) is 14.1. The van der Waals surface area contributed by atoms with Crippen LogP contribution in [-0.2, 0) is 0 Å². The van der Waals surface area contributed by atoms with E-state index in [0.29, 0.717) is 30.2 Å². The molecular weight excluding hydrogens is 265 g/mol. The Morgan fingerprint density at radius 2 is 2.35 bits per heavy atom. The predicted octanol–water partition coefficient (Wildman–Crippen LogP) is 1.28. The molecule has 1 aromatic carbocycles. The Kier molecular flexibility index (Phi) is 3.37. The highest BCUT2D eigenvalue weighted by atomic mass is 19.1. The first kappa shape index (κ1) is 13.0. The normalized spacial score (nSPS) is 22.1. The van der Waals surface area contributed by atoms with Crippen molar-refractivity contribution in [1.82, 2.24) is 15.5 Å². The molecule has 2 heterocycles. The number of β-amino-alcohol motifs (C(OH)–C–C–N with tert-alkyl or cyclic N) is 1. The average molecular weight is 279 g/mol. The smallest absolute Gasteiger partial charge is 0.244 e. The third-order valence-corrected chi connectivity index (χ3v) is 3.26. The van der Waals surface area contributed by atoms with E-state index in [0.717, 1.165) is 0 Å². The first-order chi connectivity index (χ1) is 9.67. The van der Waals surface area contributed by atoms with Gasteiger partial charge in [0.15, 0.2) is 11.6 Å². The summed E-state index contributed by atoms with van der Waals surface area (Å²) in [5.74, 6) is 0.463. The highest BCUT2D eigenvalue weighted by Gasteiger charge is 2.28. The minimum Gasteiger partial charge on any atom is -0.494 e. The van der Waals surface area contributed by atoms with Gasteiger partial charge in [-0.05, 0) is 24.6 Å². The van der Waals surface area contributed by atoms with Crippen molar-refractivity contribution in [2.24, 2.45) is 0 Å². The van der Waals surface area contributed by atoms with Crippen LogP contribution in [-0.4, -0.2) is 35.0 Å². The molecule has 0 saturated carbocycles. The Labute approximate surface area is 114 Å². The van der Waals surface area contributed by atoms with Gasteiger partial charge in [0.05, 0.1) is 19.3 Å². The van der Waals surface area contributed by atoms with E-state index in [9.17, 15) is 9.50 Å². The molecule has 2 aromatic rings. The molecule has 1 aliphatic heterocycles. The van der Waals surface area contributed by atoms with Gasteiger partial charge in [-0.25, -0.2) is 4.39 Å². The standard InChI is InChI=1S/C13H14FN3O3/c1-19-11-4-7(2-3-9(11)14)12-16-13(20-17-12)10-5-8(18)6-15-10/h2-4,8,10,15,18H,5-6H2,1H3/t8-,10-/m0/s1. The van der Waals surface area contributed by atoms with E-state index in [1.807, 2.05) is 0 Å². The maximum atomic E-state index is 13.4. The fraction of sp³-hybridized carbons (Fsp3) is 0.385. The van der Waals surface area contributed by atoms with Gasteiger partial charge in [0.1, 0.15) is 0 Å². The van der Waals surface area contributed by atoms with Crippen LogP contribution in [0.5, 0.6) is 5.75 Å². The number of aliphatic hydroxyl groups excluding tert-OH is 1. The fourth-order valence-corrected chi connectivity index (χ4v) is 2.20. The van der Waals surface area contributed by atoms with E-state index in [-0.39, 0.29) is 11.8 Å². The molecule has 0 unspecified atom stereocenters. The Morgan fingerprint density at radius 1 is 1.50 bits per heavy atom. The molecule has 0 amide bonds. The topological polar surface area (TPSA) is 80.4 Å². The van der Waals surface area contributed by atoms with Gasteiger partial charge < -0.3 is 19.7 Å².